The summed E-state index contributed by atoms with van der Waals surface area (Å²) >= 11 is 0. The second-order valence-corrected chi connectivity index (χ2v) is 2.43. The lowest BCUT2D eigenvalue weighted by Crippen LogP contribution is -2.14. The van der Waals surface area contributed by atoms with Gasteiger partial charge in [-0.15, -0.1) is 0 Å². The Kier molecular flexibility index (Phi) is 3.41. The highest BCUT2D eigenvalue weighted by Gasteiger charge is 1.99. The molecule has 5 nitrogen and oxygen atoms in total. The van der Waals surface area contributed by atoms with Crippen molar-refractivity contribution in [3.8, 4) is 0 Å². The SMILES string of the molecule is [N-]=C=[N+]([O-])C(=O)OCc1ccccc1. The van der Waals surface area contributed by atoms with Crippen molar-refractivity contribution >= 4 is 12.1 Å². The summed E-state index contributed by atoms with van der Waals surface area (Å²) in [6, 6.07) is 9.97. The predicted octanol–water partition coefficient (Wildman–Crippen LogP) is 1.58. The molecular weight excluding hydrogens is 184 g/mol. The van der Waals surface area contributed by atoms with Gasteiger partial charge in [0.25, 0.3) is 0 Å². The Bertz CT molecular complexity index is 369. The first-order chi connectivity index (χ1) is 6.74. The standard InChI is InChI=1S/C9H7N2O3/c10-7-11(13)9(12)14-6-8-4-2-1-3-5-8/h1-5H,6H2/q-1. The van der Waals surface area contributed by atoms with Gasteiger partial charge in [0.15, 0.2) is 0 Å². The molecule has 0 aromatic heterocycles. The van der Waals surface area contributed by atoms with Gasteiger partial charge in [-0.1, -0.05) is 35.7 Å². The molecule has 0 N–H and O–H groups in total. The van der Waals surface area contributed by atoms with E-state index >= 15 is 0 Å². The van der Waals surface area contributed by atoms with Crippen LogP contribution in [0.25, 0.3) is 5.41 Å². The van der Waals surface area contributed by atoms with E-state index in [9.17, 15) is 10.0 Å². The van der Waals surface area contributed by atoms with Gasteiger partial charge in [0.2, 0.25) is 0 Å². The van der Waals surface area contributed by atoms with E-state index in [2.05, 4.69) is 4.74 Å². The molecule has 72 valence electrons. The van der Waals surface area contributed by atoms with Crippen LogP contribution in [0.4, 0.5) is 4.79 Å². The van der Waals surface area contributed by atoms with Crippen molar-refractivity contribution in [3.05, 3.63) is 46.5 Å². The number of carbonyl (C=O) groups is 1. The maximum Gasteiger partial charge on any atom is 0.418 e. The average Bonchev–Trinajstić information content (AvgIpc) is 2.26. The van der Waals surface area contributed by atoms with Gasteiger partial charge in [0.1, 0.15) is 12.6 Å². The first-order valence-electron chi connectivity index (χ1n) is 3.81. The summed E-state index contributed by atoms with van der Waals surface area (Å²) in [6.45, 7) is -0.0138. The van der Waals surface area contributed by atoms with Crippen LogP contribution in [0, 0.1) is 5.21 Å². The minimum absolute atomic E-state index is 0.0138. The van der Waals surface area contributed by atoms with E-state index in [-0.39, 0.29) is 6.61 Å². The molecule has 14 heavy (non-hydrogen) atoms. The quantitative estimate of drug-likeness (QED) is 0.308. The number of amides is 1. The van der Waals surface area contributed by atoms with Crippen LogP contribution in [-0.4, -0.2) is 16.8 Å². The minimum Gasteiger partial charge on any atom is -0.793 e. The molecule has 0 aliphatic carbocycles. The molecule has 1 amide bonds. The Hall–Kier alpha value is -2.13. The van der Waals surface area contributed by atoms with Gasteiger partial charge < -0.3 is 9.94 Å². The highest BCUT2D eigenvalue weighted by Crippen LogP contribution is 2.00. The number of benzene rings is 1. The van der Waals surface area contributed by atoms with E-state index in [1.165, 1.54) is 0 Å². The molecule has 0 aliphatic heterocycles. The van der Waals surface area contributed by atoms with Gasteiger partial charge in [0.05, 0.1) is 0 Å². The lowest BCUT2D eigenvalue weighted by molar-refractivity contribution is -0.367. The zero-order valence-corrected chi connectivity index (χ0v) is 7.21. The largest absolute Gasteiger partial charge is 0.793 e. The van der Waals surface area contributed by atoms with Crippen LogP contribution < -0.4 is 0 Å². The molecule has 0 aliphatic rings. The van der Waals surface area contributed by atoms with Crippen LogP contribution >= 0.6 is 0 Å². The third-order valence-corrected chi connectivity index (χ3v) is 1.46. The molecule has 0 bridgehead atoms. The Labute approximate surface area is 80.3 Å². The Balaban J connectivity index is 2.50. The molecule has 0 fully saturated rings. The van der Waals surface area contributed by atoms with Gasteiger partial charge in [-0.25, -0.2) is 4.79 Å². The first-order valence-corrected chi connectivity index (χ1v) is 3.81. The molecule has 1 rings (SSSR count). The van der Waals surface area contributed by atoms with Crippen LogP contribution in [0.5, 0.6) is 0 Å². The summed E-state index contributed by atoms with van der Waals surface area (Å²) in [7, 11) is 0. The van der Waals surface area contributed by atoms with E-state index in [1.54, 1.807) is 24.3 Å². The normalized spacial score (nSPS) is 8.86. The Morgan fingerprint density at radius 3 is 2.71 bits per heavy atom. The van der Waals surface area contributed by atoms with Crippen LogP contribution in [0.15, 0.2) is 30.3 Å². The van der Waals surface area contributed by atoms with Crippen molar-refractivity contribution in [1.82, 2.24) is 0 Å². The predicted molar refractivity (Wildman–Crippen MR) is 48.6 cm³/mol. The number of hydrogen-bond acceptors (Lipinski definition) is 3. The van der Waals surface area contributed by atoms with E-state index in [4.69, 9.17) is 5.41 Å². The zero-order chi connectivity index (χ0) is 10.4. The fraction of sp³-hybridized carbons (Fsp3) is 0.111. The summed E-state index contributed by atoms with van der Waals surface area (Å²) in [4.78, 5) is 10.7. The van der Waals surface area contributed by atoms with E-state index in [1.807, 2.05) is 6.07 Å². The van der Waals surface area contributed by atoms with Gasteiger partial charge >= 0.3 is 6.09 Å². The molecule has 0 atom stereocenters. The minimum atomic E-state index is -1.20. The van der Waals surface area contributed by atoms with Crippen LogP contribution in [-0.2, 0) is 11.3 Å². The first kappa shape index (κ1) is 9.95. The number of ether oxygens (including phenoxy) is 1. The molecule has 0 spiro atoms. The zero-order valence-electron chi connectivity index (χ0n) is 7.21. The number of hydroxylamine groups is 1. The molecule has 0 radical (unpaired) electrons. The van der Waals surface area contributed by atoms with Crippen LogP contribution in [0.2, 0.25) is 0 Å². The number of nitrogens with zero attached hydrogens (tertiary/aromatic N) is 2. The second kappa shape index (κ2) is 4.79. The van der Waals surface area contributed by atoms with E-state index < -0.39 is 10.8 Å². The maximum atomic E-state index is 10.7. The Morgan fingerprint density at radius 2 is 2.14 bits per heavy atom. The number of rotatable bonds is 2. The van der Waals surface area contributed by atoms with Crippen molar-refractivity contribution < 1.29 is 14.3 Å². The van der Waals surface area contributed by atoms with Crippen LogP contribution in [0.3, 0.4) is 0 Å². The molecule has 0 saturated carbocycles. The third-order valence-electron chi connectivity index (χ3n) is 1.46. The lowest BCUT2D eigenvalue weighted by Gasteiger charge is -2.10. The number of hydrogen-bond donors (Lipinski definition) is 0. The summed E-state index contributed by atoms with van der Waals surface area (Å²) < 4.78 is 4.12. The van der Waals surface area contributed by atoms with Crippen molar-refractivity contribution in [3.63, 3.8) is 0 Å². The topological polar surface area (TPSA) is 74.7 Å². The maximum absolute atomic E-state index is 10.7. The monoisotopic (exact) mass is 191 g/mol. The van der Waals surface area contributed by atoms with Crippen molar-refractivity contribution in [2.24, 2.45) is 0 Å². The summed E-state index contributed by atoms with van der Waals surface area (Å²) in [5, 5.41) is 18.5. The molecule has 5 heteroatoms. The van der Waals surface area contributed by atoms with E-state index in [0.717, 1.165) is 11.6 Å². The summed E-state index contributed by atoms with van der Waals surface area (Å²) in [5.74, 6) is 0. The van der Waals surface area contributed by atoms with Crippen molar-refractivity contribution in [1.29, 1.82) is 0 Å². The van der Waals surface area contributed by atoms with Crippen molar-refractivity contribution in [2.45, 2.75) is 6.61 Å². The van der Waals surface area contributed by atoms with Gasteiger partial charge in [-0.05, 0) is 5.56 Å². The highest BCUT2D eigenvalue weighted by atomic mass is 16.6. The fourth-order valence-electron chi connectivity index (χ4n) is 0.819. The highest BCUT2D eigenvalue weighted by molar-refractivity contribution is 5.62. The molecule has 0 unspecified atom stereocenters. The lowest BCUT2D eigenvalue weighted by atomic mass is 10.2. The van der Waals surface area contributed by atoms with Gasteiger partial charge in [-0.3, -0.25) is 4.74 Å². The molecule has 1 aromatic rings. The molecular formula is C9H7N2O3-. The number of carbonyl (C=O) groups excluding carboxylic acids is 1. The molecule has 0 heterocycles. The summed E-state index contributed by atoms with van der Waals surface area (Å²) in [6.07, 6.45) is -1.20. The van der Waals surface area contributed by atoms with Gasteiger partial charge in [-0.2, -0.15) is 0 Å². The van der Waals surface area contributed by atoms with Gasteiger partial charge in [0, 0.05) is 0 Å². The molecule has 1 aromatic carbocycles. The Morgan fingerprint density at radius 1 is 1.50 bits per heavy atom. The smallest absolute Gasteiger partial charge is 0.418 e. The second-order valence-electron chi connectivity index (χ2n) is 2.43. The van der Waals surface area contributed by atoms with Crippen LogP contribution in [0.1, 0.15) is 5.56 Å². The third kappa shape index (κ3) is 2.73. The molecule has 0 saturated heterocycles. The van der Waals surface area contributed by atoms with Crippen molar-refractivity contribution in [2.75, 3.05) is 0 Å². The fourth-order valence-corrected chi connectivity index (χ4v) is 0.819. The van der Waals surface area contributed by atoms with E-state index in [0.29, 0.717) is 0 Å². The average molecular weight is 191 g/mol. The summed E-state index contributed by atoms with van der Waals surface area (Å²) in [5.41, 5.74) is 0.757.